The van der Waals surface area contributed by atoms with Crippen LogP contribution >= 0.6 is 15.9 Å². The van der Waals surface area contributed by atoms with E-state index in [1.165, 1.54) is 16.9 Å². The van der Waals surface area contributed by atoms with Crippen LogP contribution in [0.3, 0.4) is 0 Å². The van der Waals surface area contributed by atoms with Gasteiger partial charge < -0.3 is 5.73 Å². The Labute approximate surface area is 130 Å². The second-order valence-electron chi connectivity index (χ2n) is 4.74. The molecule has 0 fully saturated rings. The van der Waals surface area contributed by atoms with Gasteiger partial charge in [0.2, 0.25) is 5.95 Å². The number of fused-ring (bicyclic) bond motifs is 1. The zero-order valence-electron chi connectivity index (χ0n) is 11.2. The Hall–Kier alpha value is -2.10. The molecular formula is C12H10BrF3N6. The fourth-order valence-electron chi connectivity index (χ4n) is 2.02. The number of nitrogens with two attached hydrogens (primary N) is 1. The van der Waals surface area contributed by atoms with E-state index in [4.69, 9.17) is 5.73 Å². The largest absolute Gasteiger partial charge is 0.410 e. The molecule has 22 heavy (non-hydrogen) atoms. The van der Waals surface area contributed by atoms with Crippen LogP contribution in [0.2, 0.25) is 0 Å². The number of aromatic nitrogens is 5. The lowest BCUT2D eigenvalue weighted by molar-refractivity contribution is -0.165. The Bertz CT molecular complexity index is 837. The van der Waals surface area contributed by atoms with E-state index >= 15 is 0 Å². The molecule has 0 radical (unpaired) electrons. The first kappa shape index (κ1) is 14.8. The number of hydrogen-bond donors (Lipinski definition) is 1. The molecule has 0 aliphatic heterocycles. The van der Waals surface area contributed by atoms with Crippen molar-refractivity contribution in [2.45, 2.75) is 19.1 Å². The molecule has 3 rings (SSSR count). The summed E-state index contributed by atoms with van der Waals surface area (Å²) in [6.07, 6.45) is -0.0280. The first-order valence-electron chi connectivity index (χ1n) is 6.18. The van der Waals surface area contributed by atoms with Crippen LogP contribution in [0.5, 0.6) is 0 Å². The Morgan fingerprint density at radius 3 is 2.73 bits per heavy atom. The molecule has 1 unspecified atom stereocenters. The van der Waals surface area contributed by atoms with Crippen molar-refractivity contribution in [3.63, 3.8) is 0 Å². The van der Waals surface area contributed by atoms with Gasteiger partial charge in [-0.2, -0.15) is 23.3 Å². The summed E-state index contributed by atoms with van der Waals surface area (Å²) in [5.41, 5.74) is 7.09. The van der Waals surface area contributed by atoms with Crippen LogP contribution in [0.4, 0.5) is 19.1 Å². The fraction of sp³-hybridized carbons (Fsp3) is 0.250. The van der Waals surface area contributed by atoms with Crippen LogP contribution in [-0.4, -0.2) is 30.6 Å². The predicted octanol–water partition coefficient (Wildman–Crippen LogP) is 3.06. The normalized spacial score (nSPS) is 13.7. The van der Waals surface area contributed by atoms with Crippen molar-refractivity contribution >= 4 is 27.5 Å². The monoisotopic (exact) mass is 374 g/mol. The average molecular weight is 375 g/mol. The number of anilines is 1. The predicted molar refractivity (Wildman–Crippen MR) is 77.1 cm³/mol. The molecule has 1 atom stereocenters. The molecule has 0 spiro atoms. The standard InChI is InChI=1S/C12H10BrF3N6/c1-6(12(14,15)16)21-4-7(3-18-21)9-2-8(13)5-22-10(9)19-11(17)20-22/h2-6H,1H3,(H2,17,20). The number of nitrogen functional groups attached to an aromatic ring is 1. The number of pyridine rings is 1. The topological polar surface area (TPSA) is 74.0 Å². The van der Waals surface area contributed by atoms with Crippen molar-refractivity contribution in [2.24, 2.45) is 0 Å². The van der Waals surface area contributed by atoms with Crippen molar-refractivity contribution in [3.05, 3.63) is 29.1 Å². The summed E-state index contributed by atoms with van der Waals surface area (Å²) >= 11 is 3.32. The number of rotatable bonds is 2. The van der Waals surface area contributed by atoms with Gasteiger partial charge in [-0.15, -0.1) is 5.10 Å². The second kappa shape index (κ2) is 4.97. The summed E-state index contributed by atoms with van der Waals surface area (Å²) in [5, 5.41) is 7.78. The maximum absolute atomic E-state index is 12.8. The number of hydrogen-bond acceptors (Lipinski definition) is 4. The molecule has 0 aliphatic carbocycles. The van der Waals surface area contributed by atoms with Gasteiger partial charge in [-0.25, -0.2) is 4.52 Å². The third-order valence-corrected chi connectivity index (χ3v) is 3.63. The van der Waals surface area contributed by atoms with Gasteiger partial charge >= 0.3 is 6.18 Å². The lowest BCUT2D eigenvalue weighted by Crippen LogP contribution is -2.23. The lowest BCUT2D eigenvalue weighted by Gasteiger charge is -2.15. The van der Waals surface area contributed by atoms with Crippen LogP contribution in [0.1, 0.15) is 13.0 Å². The zero-order valence-corrected chi connectivity index (χ0v) is 12.8. The van der Waals surface area contributed by atoms with Crippen LogP contribution < -0.4 is 5.73 Å². The number of nitrogens with zero attached hydrogens (tertiary/aromatic N) is 5. The molecule has 0 bridgehead atoms. The van der Waals surface area contributed by atoms with Gasteiger partial charge in [-0.3, -0.25) is 4.68 Å². The van der Waals surface area contributed by atoms with Crippen LogP contribution in [0, 0.1) is 0 Å². The Morgan fingerprint density at radius 2 is 2.05 bits per heavy atom. The van der Waals surface area contributed by atoms with Gasteiger partial charge in [0.15, 0.2) is 5.65 Å². The van der Waals surface area contributed by atoms with Crippen molar-refractivity contribution in [1.82, 2.24) is 24.4 Å². The molecule has 0 saturated carbocycles. The van der Waals surface area contributed by atoms with Gasteiger partial charge in [-0.1, -0.05) is 0 Å². The first-order chi connectivity index (χ1) is 10.3. The summed E-state index contributed by atoms with van der Waals surface area (Å²) in [6.45, 7) is 1.04. The maximum atomic E-state index is 12.8. The van der Waals surface area contributed by atoms with E-state index in [1.807, 2.05) is 0 Å². The van der Waals surface area contributed by atoms with E-state index in [9.17, 15) is 13.2 Å². The summed E-state index contributed by atoms with van der Waals surface area (Å²) in [7, 11) is 0. The average Bonchev–Trinajstić information content (AvgIpc) is 3.01. The Kier molecular flexibility index (Phi) is 3.35. The third kappa shape index (κ3) is 2.54. The van der Waals surface area contributed by atoms with Crippen molar-refractivity contribution in [1.29, 1.82) is 0 Å². The molecule has 10 heteroatoms. The number of halogens is 4. The van der Waals surface area contributed by atoms with E-state index in [1.54, 1.807) is 12.3 Å². The summed E-state index contributed by atoms with van der Waals surface area (Å²) in [6, 6.07) is 0.00985. The maximum Gasteiger partial charge on any atom is 0.410 e. The minimum atomic E-state index is -4.37. The number of alkyl halides is 3. The first-order valence-corrected chi connectivity index (χ1v) is 6.97. The Morgan fingerprint density at radius 1 is 1.32 bits per heavy atom. The van der Waals surface area contributed by atoms with Crippen LogP contribution in [-0.2, 0) is 0 Å². The minimum absolute atomic E-state index is 0.0791. The molecule has 0 amide bonds. The molecule has 3 aromatic rings. The zero-order chi connectivity index (χ0) is 16.1. The highest BCUT2D eigenvalue weighted by Crippen LogP contribution is 2.32. The highest BCUT2D eigenvalue weighted by Gasteiger charge is 2.38. The molecule has 3 heterocycles. The van der Waals surface area contributed by atoms with Gasteiger partial charge in [-0.05, 0) is 28.9 Å². The van der Waals surface area contributed by atoms with Gasteiger partial charge in [0, 0.05) is 28.0 Å². The van der Waals surface area contributed by atoms with Gasteiger partial charge in [0.25, 0.3) is 0 Å². The van der Waals surface area contributed by atoms with E-state index in [2.05, 4.69) is 31.1 Å². The smallest absolute Gasteiger partial charge is 0.366 e. The quantitative estimate of drug-likeness (QED) is 0.747. The molecule has 0 aromatic carbocycles. The molecule has 3 aromatic heterocycles. The molecule has 0 saturated heterocycles. The summed E-state index contributed by atoms with van der Waals surface area (Å²) in [5.74, 6) is 0.0791. The highest BCUT2D eigenvalue weighted by molar-refractivity contribution is 9.10. The molecule has 116 valence electrons. The van der Waals surface area contributed by atoms with Gasteiger partial charge in [0.05, 0.1) is 6.20 Å². The molecular weight excluding hydrogens is 365 g/mol. The molecule has 2 N–H and O–H groups in total. The minimum Gasteiger partial charge on any atom is -0.366 e. The summed E-state index contributed by atoms with van der Waals surface area (Å²) in [4.78, 5) is 4.08. The highest BCUT2D eigenvalue weighted by atomic mass is 79.9. The SMILES string of the molecule is CC(n1cc(-c2cc(Br)cn3nc(N)nc23)cn1)C(F)(F)F. The third-order valence-electron chi connectivity index (χ3n) is 3.20. The molecule has 6 nitrogen and oxygen atoms in total. The van der Waals surface area contributed by atoms with Crippen molar-refractivity contribution in [3.8, 4) is 11.1 Å². The Balaban J connectivity index is 2.11. The van der Waals surface area contributed by atoms with E-state index in [0.29, 0.717) is 21.2 Å². The van der Waals surface area contributed by atoms with E-state index in [0.717, 1.165) is 11.6 Å². The van der Waals surface area contributed by atoms with Crippen LogP contribution in [0.15, 0.2) is 29.1 Å². The second-order valence-corrected chi connectivity index (χ2v) is 5.65. The van der Waals surface area contributed by atoms with E-state index in [-0.39, 0.29) is 5.95 Å². The molecule has 0 aliphatic rings. The van der Waals surface area contributed by atoms with E-state index < -0.39 is 12.2 Å². The van der Waals surface area contributed by atoms with Gasteiger partial charge in [0.1, 0.15) is 6.04 Å². The van der Waals surface area contributed by atoms with Crippen molar-refractivity contribution in [2.75, 3.05) is 5.73 Å². The fourth-order valence-corrected chi connectivity index (χ4v) is 2.44. The van der Waals surface area contributed by atoms with Crippen molar-refractivity contribution < 1.29 is 13.2 Å². The lowest BCUT2D eigenvalue weighted by atomic mass is 10.1. The summed E-state index contributed by atoms with van der Waals surface area (Å²) < 4.78 is 41.3. The van der Waals surface area contributed by atoms with Crippen LogP contribution in [0.25, 0.3) is 16.8 Å².